The maximum atomic E-state index is 9.79. The van der Waals surface area contributed by atoms with Gasteiger partial charge in [-0.15, -0.1) is 0 Å². The Hall–Kier alpha value is -0.160. The molecule has 2 aliphatic rings. The van der Waals surface area contributed by atoms with Crippen LogP contribution in [-0.2, 0) is 4.74 Å². The fourth-order valence-corrected chi connectivity index (χ4v) is 2.63. The highest BCUT2D eigenvalue weighted by atomic mass is 16.5. The molecule has 2 rings (SSSR count). The number of likely N-dealkylation sites (N-methyl/N-ethyl adjacent to an activating group) is 1. The van der Waals surface area contributed by atoms with Gasteiger partial charge in [0, 0.05) is 25.7 Å². The van der Waals surface area contributed by atoms with E-state index in [1.165, 1.54) is 0 Å². The average molecular weight is 214 g/mol. The van der Waals surface area contributed by atoms with Gasteiger partial charge < -0.3 is 15.2 Å². The molecule has 3 atom stereocenters. The van der Waals surface area contributed by atoms with E-state index in [9.17, 15) is 5.11 Å². The normalized spacial score (nSPS) is 37.4. The number of aliphatic hydroxyl groups is 1. The molecular weight excluding hydrogens is 192 g/mol. The van der Waals surface area contributed by atoms with Gasteiger partial charge >= 0.3 is 0 Å². The second kappa shape index (κ2) is 5.25. The molecule has 1 saturated heterocycles. The summed E-state index contributed by atoms with van der Waals surface area (Å²) in [4.78, 5) is 2.26. The van der Waals surface area contributed by atoms with Crippen LogP contribution in [0.25, 0.3) is 0 Å². The van der Waals surface area contributed by atoms with Crippen molar-refractivity contribution in [1.29, 1.82) is 0 Å². The number of hydrogen-bond donors (Lipinski definition) is 2. The Morgan fingerprint density at radius 3 is 2.93 bits per heavy atom. The Morgan fingerprint density at radius 2 is 2.33 bits per heavy atom. The minimum absolute atomic E-state index is 0.133. The van der Waals surface area contributed by atoms with E-state index in [1.807, 2.05) is 0 Å². The van der Waals surface area contributed by atoms with Gasteiger partial charge in [-0.05, 0) is 26.3 Å². The SMILES string of the molecule is CN(CC1CNCCO1)C1CCCC1O. The van der Waals surface area contributed by atoms with Crippen LogP contribution in [-0.4, -0.2) is 61.5 Å². The molecule has 0 aromatic rings. The number of rotatable bonds is 3. The van der Waals surface area contributed by atoms with Crippen LogP contribution in [0.3, 0.4) is 0 Å². The van der Waals surface area contributed by atoms with Crippen molar-refractivity contribution >= 4 is 0 Å². The van der Waals surface area contributed by atoms with Gasteiger partial charge in [0.15, 0.2) is 0 Å². The molecule has 0 spiro atoms. The lowest BCUT2D eigenvalue weighted by Crippen LogP contribution is -2.48. The maximum Gasteiger partial charge on any atom is 0.0826 e. The summed E-state index contributed by atoms with van der Waals surface area (Å²) in [6.07, 6.45) is 3.39. The summed E-state index contributed by atoms with van der Waals surface area (Å²) in [5, 5.41) is 13.1. The lowest BCUT2D eigenvalue weighted by Gasteiger charge is -2.32. The van der Waals surface area contributed by atoms with E-state index in [1.54, 1.807) is 0 Å². The van der Waals surface area contributed by atoms with Crippen molar-refractivity contribution in [3.63, 3.8) is 0 Å². The summed E-state index contributed by atoms with van der Waals surface area (Å²) in [5.74, 6) is 0. The number of nitrogens with one attached hydrogen (secondary N) is 1. The second-order valence-corrected chi connectivity index (χ2v) is 4.70. The summed E-state index contributed by atoms with van der Waals surface area (Å²) in [5.41, 5.74) is 0. The third-order valence-electron chi connectivity index (χ3n) is 3.51. The number of morpholine rings is 1. The lowest BCUT2D eigenvalue weighted by molar-refractivity contribution is -0.00899. The van der Waals surface area contributed by atoms with E-state index in [4.69, 9.17) is 4.74 Å². The zero-order valence-electron chi connectivity index (χ0n) is 9.48. The first-order valence-electron chi connectivity index (χ1n) is 5.98. The molecule has 2 fully saturated rings. The lowest BCUT2D eigenvalue weighted by atomic mass is 10.1. The molecule has 0 aromatic carbocycles. The minimum Gasteiger partial charge on any atom is -0.391 e. The molecule has 4 heteroatoms. The van der Waals surface area contributed by atoms with Crippen LogP contribution in [0, 0.1) is 0 Å². The van der Waals surface area contributed by atoms with Gasteiger partial charge in [0.05, 0.1) is 18.8 Å². The van der Waals surface area contributed by atoms with Crippen LogP contribution in [0.2, 0.25) is 0 Å². The summed E-state index contributed by atoms with van der Waals surface area (Å²) in [6, 6.07) is 0.343. The molecule has 0 bridgehead atoms. The molecule has 1 heterocycles. The highest BCUT2D eigenvalue weighted by Gasteiger charge is 2.30. The largest absolute Gasteiger partial charge is 0.391 e. The molecule has 2 N–H and O–H groups in total. The van der Waals surface area contributed by atoms with Crippen LogP contribution in [0.1, 0.15) is 19.3 Å². The maximum absolute atomic E-state index is 9.79. The number of aliphatic hydroxyl groups excluding tert-OH is 1. The Labute approximate surface area is 91.6 Å². The first-order valence-corrected chi connectivity index (χ1v) is 5.98. The molecule has 3 unspecified atom stereocenters. The van der Waals surface area contributed by atoms with E-state index < -0.39 is 0 Å². The third kappa shape index (κ3) is 2.91. The van der Waals surface area contributed by atoms with Crippen molar-refractivity contribution in [1.82, 2.24) is 10.2 Å². The summed E-state index contributed by atoms with van der Waals surface area (Å²) in [6.45, 7) is 3.64. The van der Waals surface area contributed by atoms with Crippen LogP contribution in [0.15, 0.2) is 0 Å². The van der Waals surface area contributed by atoms with Crippen molar-refractivity contribution in [3.05, 3.63) is 0 Å². The predicted octanol–water partition coefficient (Wildman–Crippen LogP) is -0.180. The summed E-state index contributed by atoms with van der Waals surface area (Å²) >= 11 is 0. The van der Waals surface area contributed by atoms with Crippen LogP contribution in [0.4, 0.5) is 0 Å². The average Bonchev–Trinajstić information content (AvgIpc) is 2.66. The van der Waals surface area contributed by atoms with Gasteiger partial charge in [0.2, 0.25) is 0 Å². The molecular formula is C11H22N2O2. The predicted molar refractivity (Wildman–Crippen MR) is 58.9 cm³/mol. The molecule has 1 aliphatic heterocycles. The van der Waals surface area contributed by atoms with Crippen molar-refractivity contribution in [2.75, 3.05) is 33.3 Å². The van der Waals surface area contributed by atoms with Gasteiger partial charge in [0.25, 0.3) is 0 Å². The fourth-order valence-electron chi connectivity index (χ4n) is 2.63. The van der Waals surface area contributed by atoms with Crippen molar-refractivity contribution in [3.8, 4) is 0 Å². The molecule has 88 valence electrons. The second-order valence-electron chi connectivity index (χ2n) is 4.70. The number of nitrogens with zero attached hydrogens (tertiary/aromatic N) is 1. The highest BCUT2D eigenvalue weighted by molar-refractivity contribution is 4.85. The Kier molecular flexibility index (Phi) is 3.97. The Balaban J connectivity index is 1.77. The van der Waals surface area contributed by atoms with Gasteiger partial charge in [-0.2, -0.15) is 0 Å². The van der Waals surface area contributed by atoms with Crippen molar-refractivity contribution in [2.45, 2.75) is 37.5 Å². The van der Waals surface area contributed by atoms with Crippen LogP contribution >= 0.6 is 0 Å². The third-order valence-corrected chi connectivity index (χ3v) is 3.51. The highest BCUT2D eigenvalue weighted by Crippen LogP contribution is 2.23. The van der Waals surface area contributed by atoms with E-state index >= 15 is 0 Å². The fraction of sp³-hybridized carbons (Fsp3) is 1.00. The van der Waals surface area contributed by atoms with Gasteiger partial charge in [-0.25, -0.2) is 0 Å². The minimum atomic E-state index is -0.133. The van der Waals surface area contributed by atoms with Crippen LogP contribution < -0.4 is 5.32 Å². The summed E-state index contributed by atoms with van der Waals surface area (Å²) in [7, 11) is 2.09. The van der Waals surface area contributed by atoms with Gasteiger partial charge in [-0.1, -0.05) is 0 Å². The van der Waals surface area contributed by atoms with Crippen molar-refractivity contribution < 1.29 is 9.84 Å². The zero-order chi connectivity index (χ0) is 10.7. The molecule has 0 amide bonds. The quantitative estimate of drug-likeness (QED) is 0.684. The topological polar surface area (TPSA) is 44.7 Å². The molecule has 15 heavy (non-hydrogen) atoms. The summed E-state index contributed by atoms with van der Waals surface area (Å²) < 4.78 is 5.66. The van der Waals surface area contributed by atoms with E-state index in [2.05, 4.69) is 17.3 Å². The first kappa shape index (κ1) is 11.3. The first-order chi connectivity index (χ1) is 7.27. The van der Waals surface area contributed by atoms with Gasteiger partial charge in [0.1, 0.15) is 0 Å². The van der Waals surface area contributed by atoms with Crippen molar-refractivity contribution in [2.24, 2.45) is 0 Å². The monoisotopic (exact) mass is 214 g/mol. The molecule has 0 aromatic heterocycles. The number of ether oxygens (including phenoxy) is 1. The van der Waals surface area contributed by atoms with Crippen LogP contribution in [0.5, 0.6) is 0 Å². The van der Waals surface area contributed by atoms with E-state index in [0.717, 1.165) is 45.5 Å². The molecule has 1 aliphatic carbocycles. The molecule has 1 saturated carbocycles. The molecule has 0 radical (unpaired) electrons. The molecule has 4 nitrogen and oxygen atoms in total. The smallest absolute Gasteiger partial charge is 0.0826 e. The van der Waals surface area contributed by atoms with E-state index in [-0.39, 0.29) is 12.2 Å². The Morgan fingerprint density at radius 1 is 1.47 bits per heavy atom. The standard InChI is InChI=1S/C11H22N2O2/c1-13(10-3-2-4-11(10)14)8-9-7-12-5-6-15-9/h9-12,14H,2-8H2,1H3. The number of hydrogen-bond acceptors (Lipinski definition) is 4. The van der Waals surface area contributed by atoms with Gasteiger partial charge in [-0.3, -0.25) is 4.90 Å². The zero-order valence-corrected chi connectivity index (χ0v) is 9.48. The Bertz CT molecular complexity index is 195. The van der Waals surface area contributed by atoms with E-state index in [0.29, 0.717) is 6.04 Å².